The Labute approximate surface area is 104 Å². The van der Waals surface area contributed by atoms with Gasteiger partial charge in [-0.2, -0.15) is 0 Å². The van der Waals surface area contributed by atoms with E-state index in [9.17, 15) is 0 Å². The Bertz CT molecular complexity index is 387. The molecule has 0 bridgehead atoms. The lowest BCUT2D eigenvalue weighted by atomic mass is 9.94. The van der Waals surface area contributed by atoms with Crippen LogP contribution in [0, 0.1) is 6.92 Å². The van der Waals surface area contributed by atoms with Crippen LogP contribution in [0.4, 0.5) is 5.69 Å². The van der Waals surface area contributed by atoms with Gasteiger partial charge in [0.2, 0.25) is 0 Å². The van der Waals surface area contributed by atoms with E-state index in [2.05, 4.69) is 50.0 Å². The molecule has 1 aliphatic rings. The van der Waals surface area contributed by atoms with Crippen LogP contribution in [0.25, 0.3) is 0 Å². The Kier molecular flexibility index (Phi) is 3.67. The number of aromatic nitrogens is 1. The SMILES string of the molecule is Cc1cc(N(C)C)cc([C@@H]2CCCN(C)C2)n1. The molecule has 1 aliphatic heterocycles. The second-order valence-corrected chi connectivity index (χ2v) is 5.39. The first-order valence-electron chi connectivity index (χ1n) is 6.40. The first-order chi connectivity index (χ1) is 8.06. The Balaban J connectivity index is 2.25. The number of pyridine rings is 1. The number of hydrogen-bond donors (Lipinski definition) is 0. The van der Waals surface area contributed by atoms with E-state index < -0.39 is 0 Å². The van der Waals surface area contributed by atoms with Crippen LogP contribution in [0.2, 0.25) is 0 Å². The Morgan fingerprint density at radius 2 is 2.12 bits per heavy atom. The molecule has 1 saturated heterocycles. The molecular weight excluding hydrogens is 210 g/mol. The molecule has 0 aromatic carbocycles. The lowest BCUT2D eigenvalue weighted by Crippen LogP contribution is -2.31. The van der Waals surface area contributed by atoms with Crippen molar-refractivity contribution in [2.75, 3.05) is 39.1 Å². The fraction of sp³-hybridized carbons (Fsp3) is 0.643. The first-order valence-corrected chi connectivity index (χ1v) is 6.40. The van der Waals surface area contributed by atoms with E-state index >= 15 is 0 Å². The molecule has 0 amide bonds. The van der Waals surface area contributed by atoms with Gasteiger partial charge in [0.15, 0.2) is 0 Å². The van der Waals surface area contributed by atoms with Gasteiger partial charge in [0, 0.05) is 43.6 Å². The lowest BCUT2D eigenvalue weighted by Gasteiger charge is -2.30. The quantitative estimate of drug-likeness (QED) is 0.781. The monoisotopic (exact) mass is 233 g/mol. The van der Waals surface area contributed by atoms with Crippen molar-refractivity contribution in [1.82, 2.24) is 9.88 Å². The molecule has 1 atom stereocenters. The zero-order chi connectivity index (χ0) is 12.4. The van der Waals surface area contributed by atoms with Gasteiger partial charge in [0.05, 0.1) is 0 Å². The van der Waals surface area contributed by atoms with E-state index in [4.69, 9.17) is 4.98 Å². The molecule has 3 nitrogen and oxygen atoms in total. The van der Waals surface area contributed by atoms with Gasteiger partial charge in [0.25, 0.3) is 0 Å². The average molecular weight is 233 g/mol. The number of piperidine rings is 1. The summed E-state index contributed by atoms with van der Waals surface area (Å²) in [6.45, 7) is 4.45. The van der Waals surface area contributed by atoms with Crippen LogP contribution in [0.3, 0.4) is 0 Å². The van der Waals surface area contributed by atoms with E-state index in [0.29, 0.717) is 5.92 Å². The molecule has 0 N–H and O–H groups in total. The second-order valence-electron chi connectivity index (χ2n) is 5.39. The molecule has 1 aromatic heterocycles. The number of rotatable bonds is 2. The molecule has 0 spiro atoms. The zero-order valence-electron chi connectivity index (χ0n) is 11.4. The number of nitrogens with zero attached hydrogens (tertiary/aromatic N) is 3. The van der Waals surface area contributed by atoms with Crippen LogP contribution < -0.4 is 4.90 Å². The normalized spacial score (nSPS) is 21.5. The van der Waals surface area contributed by atoms with Crippen molar-refractivity contribution in [2.45, 2.75) is 25.7 Å². The van der Waals surface area contributed by atoms with Crippen LogP contribution in [0.5, 0.6) is 0 Å². The summed E-state index contributed by atoms with van der Waals surface area (Å²) in [5.41, 5.74) is 3.65. The van der Waals surface area contributed by atoms with Crippen molar-refractivity contribution in [2.24, 2.45) is 0 Å². The Hall–Kier alpha value is -1.09. The first kappa shape index (κ1) is 12.4. The molecule has 0 aliphatic carbocycles. The van der Waals surface area contributed by atoms with Crippen LogP contribution in [-0.4, -0.2) is 44.1 Å². The van der Waals surface area contributed by atoms with Crippen LogP contribution in [0.15, 0.2) is 12.1 Å². The lowest BCUT2D eigenvalue weighted by molar-refractivity contribution is 0.248. The standard InChI is InChI=1S/C14H23N3/c1-11-8-13(16(2)3)9-14(15-11)12-6-5-7-17(4)10-12/h8-9,12H,5-7,10H2,1-4H3/t12-/m1/s1. The average Bonchev–Trinajstić information content (AvgIpc) is 2.28. The number of likely N-dealkylation sites (N-methyl/N-ethyl adjacent to an activating group) is 1. The summed E-state index contributed by atoms with van der Waals surface area (Å²) in [6, 6.07) is 4.40. The summed E-state index contributed by atoms with van der Waals surface area (Å²) in [7, 11) is 6.38. The minimum Gasteiger partial charge on any atom is -0.378 e. The third kappa shape index (κ3) is 2.97. The molecule has 3 heteroatoms. The molecule has 1 fully saturated rings. The van der Waals surface area contributed by atoms with Gasteiger partial charge in [-0.05, 0) is 45.5 Å². The third-order valence-corrected chi connectivity index (χ3v) is 3.52. The van der Waals surface area contributed by atoms with Gasteiger partial charge >= 0.3 is 0 Å². The van der Waals surface area contributed by atoms with Crippen molar-refractivity contribution >= 4 is 5.69 Å². The molecule has 0 radical (unpaired) electrons. The summed E-state index contributed by atoms with van der Waals surface area (Å²) in [6.07, 6.45) is 2.56. The van der Waals surface area contributed by atoms with Crippen molar-refractivity contribution in [3.8, 4) is 0 Å². The summed E-state index contributed by atoms with van der Waals surface area (Å²) < 4.78 is 0. The topological polar surface area (TPSA) is 19.4 Å². The maximum atomic E-state index is 4.72. The van der Waals surface area contributed by atoms with Gasteiger partial charge in [0.1, 0.15) is 0 Å². The van der Waals surface area contributed by atoms with Gasteiger partial charge < -0.3 is 9.80 Å². The Morgan fingerprint density at radius 1 is 1.35 bits per heavy atom. The Morgan fingerprint density at radius 3 is 2.76 bits per heavy atom. The smallest absolute Gasteiger partial charge is 0.0471 e. The predicted octanol–water partition coefficient (Wildman–Crippen LogP) is 2.27. The molecule has 2 rings (SSSR count). The van der Waals surface area contributed by atoms with Crippen molar-refractivity contribution in [3.05, 3.63) is 23.5 Å². The highest BCUT2D eigenvalue weighted by atomic mass is 15.1. The minimum absolute atomic E-state index is 0.604. The minimum atomic E-state index is 0.604. The summed E-state index contributed by atoms with van der Waals surface area (Å²) >= 11 is 0. The van der Waals surface area contributed by atoms with Crippen molar-refractivity contribution in [1.29, 1.82) is 0 Å². The molecule has 0 unspecified atom stereocenters. The predicted molar refractivity (Wildman–Crippen MR) is 72.8 cm³/mol. The van der Waals surface area contributed by atoms with Gasteiger partial charge in [-0.15, -0.1) is 0 Å². The largest absolute Gasteiger partial charge is 0.378 e. The van der Waals surface area contributed by atoms with E-state index in [-0.39, 0.29) is 0 Å². The molecule has 94 valence electrons. The van der Waals surface area contributed by atoms with Gasteiger partial charge in [-0.25, -0.2) is 0 Å². The van der Waals surface area contributed by atoms with Crippen LogP contribution in [0.1, 0.15) is 30.1 Å². The van der Waals surface area contributed by atoms with Gasteiger partial charge in [-0.1, -0.05) is 0 Å². The highest BCUT2D eigenvalue weighted by Gasteiger charge is 2.20. The van der Waals surface area contributed by atoms with E-state index in [1.165, 1.54) is 30.8 Å². The van der Waals surface area contributed by atoms with E-state index in [1.807, 2.05) is 0 Å². The number of hydrogen-bond acceptors (Lipinski definition) is 3. The summed E-state index contributed by atoms with van der Waals surface area (Å²) in [5.74, 6) is 0.604. The molecular formula is C14H23N3. The van der Waals surface area contributed by atoms with Crippen molar-refractivity contribution < 1.29 is 0 Å². The third-order valence-electron chi connectivity index (χ3n) is 3.52. The van der Waals surface area contributed by atoms with Crippen LogP contribution in [-0.2, 0) is 0 Å². The van der Waals surface area contributed by atoms with E-state index in [1.54, 1.807) is 0 Å². The fourth-order valence-corrected chi connectivity index (χ4v) is 2.55. The van der Waals surface area contributed by atoms with Crippen molar-refractivity contribution in [3.63, 3.8) is 0 Å². The molecule has 1 aromatic rings. The van der Waals surface area contributed by atoms with E-state index in [0.717, 1.165) is 12.2 Å². The fourth-order valence-electron chi connectivity index (χ4n) is 2.55. The highest BCUT2D eigenvalue weighted by Crippen LogP contribution is 2.27. The highest BCUT2D eigenvalue weighted by molar-refractivity contribution is 5.47. The summed E-state index contributed by atoms with van der Waals surface area (Å²) in [4.78, 5) is 9.29. The van der Waals surface area contributed by atoms with Gasteiger partial charge in [-0.3, -0.25) is 4.98 Å². The van der Waals surface area contributed by atoms with Crippen LogP contribution >= 0.6 is 0 Å². The number of likely N-dealkylation sites (tertiary alicyclic amines) is 1. The molecule has 17 heavy (non-hydrogen) atoms. The maximum Gasteiger partial charge on any atom is 0.0471 e. The second kappa shape index (κ2) is 5.05. The summed E-state index contributed by atoms with van der Waals surface area (Å²) in [5, 5.41) is 0. The zero-order valence-corrected chi connectivity index (χ0v) is 11.4. The maximum absolute atomic E-state index is 4.72. The molecule has 2 heterocycles. The molecule has 0 saturated carbocycles. The number of aryl methyl sites for hydroxylation is 1. The number of anilines is 1.